The molecule has 0 saturated heterocycles. The first-order chi connectivity index (χ1) is 12.2. The van der Waals surface area contributed by atoms with Gasteiger partial charge >= 0.3 is 0 Å². The van der Waals surface area contributed by atoms with E-state index in [2.05, 4.69) is 10.3 Å². The zero-order valence-electron chi connectivity index (χ0n) is 13.6. The number of nitrogens with one attached hydrogen (secondary N) is 1. The number of hydrogen-bond acceptors (Lipinski definition) is 3. The van der Waals surface area contributed by atoms with Gasteiger partial charge in [-0.05, 0) is 35.9 Å². The summed E-state index contributed by atoms with van der Waals surface area (Å²) in [5, 5.41) is 3.59. The van der Waals surface area contributed by atoms with Gasteiger partial charge in [0.15, 0.2) is 0 Å². The number of fused-ring (bicyclic) bond motifs is 1. The normalized spacial score (nSPS) is 16.2. The lowest BCUT2D eigenvalue weighted by molar-refractivity contribution is -0.116. The third kappa shape index (κ3) is 2.76. The number of amides is 1. The molecule has 1 N–H and O–H groups in total. The van der Waals surface area contributed by atoms with Crippen LogP contribution in [0.3, 0.4) is 0 Å². The van der Waals surface area contributed by atoms with Crippen LogP contribution in [-0.2, 0) is 4.79 Å². The number of benzene rings is 2. The highest BCUT2D eigenvalue weighted by atomic mass is 35.5. The highest BCUT2D eigenvalue weighted by Crippen LogP contribution is 2.39. The molecule has 25 heavy (non-hydrogen) atoms. The minimum atomic E-state index is -0.156. The molecule has 4 rings (SSSR count). The summed E-state index contributed by atoms with van der Waals surface area (Å²) in [4.78, 5) is 16.9. The first-order valence-corrected chi connectivity index (χ1v) is 8.31. The number of halogens is 1. The number of imidazole rings is 1. The number of carbonyl (C=O) groups is 1. The molecule has 1 aliphatic heterocycles. The van der Waals surface area contributed by atoms with Crippen molar-refractivity contribution < 1.29 is 9.53 Å². The van der Waals surface area contributed by atoms with Gasteiger partial charge in [-0.25, -0.2) is 4.98 Å². The molecular formula is C19H16ClN3O2. The predicted octanol–water partition coefficient (Wildman–Crippen LogP) is 4.01. The smallest absolute Gasteiger partial charge is 0.226 e. The molecule has 2 heterocycles. The van der Waals surface area contributed by atoms with E-state index in [9.17, 15) is 4.79 Å². The van der Waals surface area contributed by atoms with Crippen LogP contribution < -0.4 is 10.1 Å². The number of rotatable bonds is 3. The summed E-state index contributed by atoms with van der Waals surface area (Å²) in [6.45, 7) is 0. The van der Waals surface area contributed by atoms with Crippen molar-refractivity contribution in [1.29, 1.82) is 0 Å². The summed E-state index contributed by atoms with van der Waals surface area (Å²) in [5.41, 5.74) is 2.64. The third-order valence-electron chi connectivity index (χ3n) is 4.40. The van der Waals surface area contributed by atoms with E-state index in [1.807, 2.05) is 53.1 Å². The molecule has 1 aliphatic rings. The Morgan fingerprint density at radius 1 is 1.20 bits per heavy atom. The van der Waals surface area contributed by atoms with Crippen molar-refractivity contribution in [2.45, 2.75) is 12.3 Å². The quantitative estimate of drug-likeness (QED) is 0.774. The first-order valence-electron chi connectivity index (χ1n) is 7.93. The van der Waals surface area contributed by atoms with Crippen LogP contribution in [0.2, 0.25) is 5.02 Å². The Balaban J connectivity index is 1.80. The van der Waals surface area contributed by atoms with Gasteiger partial charge in [0, 0.05) is 23.0 Å². The topological polar surface area (TPSA) is 56.1 Å². The van der Waals surface area contributed by atoms with Gasteiger partial charge < -0.3 is 10.1 Å². The number of aromatic nitrogens is 2. The van der Waals surface area contributed by atoms with Crippen LogP contribution in [0.4, 0.5) is 5.82 Å². The second-order valence-corrected chi connectivity index (χ2v) is 6.28. The van der Waals surface area contributed by atoms with Crippen LogP contribution in [0.1, 0.15) is 23.6 Å². The minimum absolute atomic E-state index is 0.0484. The summed E-state index contributed by atoms with van der Waals surface area (Å²) < 4.78 is 7.07. The molecular weight excluding hydrogens is 338 g/mol. The average molecular weight is 354 g/mol. The van der Waals surface area contributed by atoms with E-state index in [4.69, 9.17) is 16.3 Å². The molecule has 5 nitrogen and oxygen atoms in total. The highest BCUT2D eigenvalue weighted by molar-refractivity contribution is 6.31. The predicted molar refractivity (Wildman–Crippen MR) is 96.7 cm³/mol. The molecule has 0 bridgehead atoms. The van der Waals surface area contributed by atoms with Gasteiger partial charge in [-0.1, -0.05) is 29.8 Å². The number of nitrogens with zero attached hydrogens (tertiary/aromatic N) is 2. The van der Waals surface area contributed by atoms with E-state index in [1.54, 1.807) is 13.4 Å². The van der Waals surface area contributed by atoms with Crippen LogP contribution in [0.5, 0.6) is 5.75 Å². The van der Waals surface area contributed by atoms with Gasteiger partial charge in [0.2, 0.25) is 5.91 Å². The number of anilines is 1. The van der Waals surface area contributed by atoms with Gasteiger partial charge in [0.1, 0.15) is 17.9 Å². The Hall–Kier alpha value is -2.79. The molecule has 1 amide bonds. The van der Waals surface area contributed by atoms with Crippen molar-refractivity contribution in [2.24, 2.45) is 0 Å². The molecule has 3 aromatic rings. The van der Waals surface area contributed by atoms with E-state index < -0.39 is 0 Å². The molecule has 126 valence electrons. The minimum Gasteiger partial charge on any atom is -0.497 e. The molecule has 0 unspecified atom stereocenters. The molecule has 0 fully saturated rings. The fraction of sp³-hybridized carbons (Fsp3) is 0.158. The molecule has 0 radical (unpaired) electrons. The maximum absolute atomic E-state index is 12.3. The van der Waals surface area contributed by atoms with Crippen LogP contribution in [-0.4, -0.2) is 22.6 Å². The van der Waals surface area contributed by atoms with Crippen molar-refractivity contribution >= 4 is 23.3 Å². The number of hydrogen-bond donors (Lipinski definition) is 1. The van der Waals surface area contributed by atoms with E-state index in [0.29, 0.717) is 17.3 Å². The molecule has 1 aromatic heterocycles. The molecule has 0 aliphatic carbocycles. The van der Waals surface area contributed by atoms with Crippen molar-refractivity contribution in [3.05, 3.63) is 71.1 Å². The largest absolute Gasteiger partial charge is 0.497 e. The average Bonchev–Trinajstić information content (AvgIpc) is 3.05. The van der Waals surface area contributed by atoms with E-state index in [-0.39, 0.29) is 11.8 Å². The van der Waals surface area contributed by atoms with E-state index in [1.165, 1.54) is 0 Å². The standard InChI is InChI=1S/C19H16ClN3O2/c1-25-13-8-6-12(7-9-13)23-11-21-18-15(10-17(24)22-19(18)23)14-4-2-3-5-16(14)20/h2-9,11,15H,10H2,1H3,(H,22,24)/t15-/m1/s1. The first kappa shape index (κ1) is 15.7. The molecule has 2 aromatic carbocycles. The molecule has 0 spiro atoms. The maximum Gasteiger partial charge on any atom is 0.226 e. The summed E-state index contributed by atoms with van der Waals surface area (Å²) in [6.07, 6.45) is 2.05. The Labute approximate surface area is 150 Å². The SMILES string of the molecule is COc1ccc(-n2cnc3c2NC(=O)C[C@@H]3c2ccccc2Cl)cc1. The number of ether oxygens (including phenoxy) is 1. The Morgan fingerprint density at radius 3 is 2.68 bits per heavy atom. The summed E-state index contributed by atoms with van der Waals surface area (Å²) >= 11 is 6.35. The van der Waals surface area contributed by atoms with Crippen LogP contribution in [0.25, 0.3) is 5.69 Å². The van der Waals surface area contributed by atoms with Crippen LogP contribution in [0.15, 0.2) is 54.9 Å². The Morgan fingerprint density at radius 2 is 1.96 bits per heavy atom. The van der Waals surface area contributed by atoms with Gasteiger partial charge in [0.25, 0.3) is 0 Å². The van der Waals surface area contributed by atoms with Gasteiger partial charge in [0.05, 0.1) is 12.8 Å². The fourth-order valence-electron chi connectivity index (χ4n) is 3.16. The molecule has 0 saturated carbocycles. The second kappa shape index (κ2) is 6.26. The van der Waals surface area contributed by atoms with Gasteiger partial charge in [-0.3, -0.25) is 9.36 Å². The monoisotopic (exact) mass is 353 g/mol. The summed E-state index contributed by atoms with van der Waals surface area (Å²) in [6, 6.07) is 15.2. The molecule has 1 atom stereocenters. The Bertz CT molecular complexity index is 934. The van der Waals surface area contributed by atoms with Crippen LogP contribution >= 0.6 is 11.6 Å². The van der Waals surface area contributed by atoms with E-state index >= 15 is 0 Å². The summed E-state index contributed by atoms with van der Waals surface area (Å²) in [5.74, 6) is 1.26. The third-order valence-corrected chi connectivity index (χ3v) is 4.75. The van der Waals surface area contributed by atoms with Crippen molar-refractivity contribution in [3.8, 4) is 11.4 Å². The maximum atomic E-state index is 12.3. The van der Waals surface area contributed by atoms with E-state index in [0.717, 1.165) is 22.7 Å². The van der Waals surface area contributed by atoms with Gasteiger partial charge in [-0.15, -0.1) is 0 Å². The zero-order valence-corrected chi connectivity index (χ0v) is 14.3. The Kier molecular flexibility index (Phi) is 3.93. The molecule has 6 heteroatoms. The van der Waals surface area contributed by atoms with Gasteiger partial charge in [-0.2, -0.15) is 0 Å². The lowest BCUT2D eigenvalue weighted by Gasteiger charge is -2.24. The van der Waals surface area contributed by atoms with Crippen molar-refractivity contribution in [3.63, 3.8) is 0 Å². The highest BCUT2D eigenvalue weighted by Gasteiger charge is 2.31. The van der Waals surface area contributed by atoms with Crippen LogP contribution in [0, 0.1) is 0 Å². The lowest BCUT2D eigenvalue weighted by Crippen LogP contribution is -2.25. The lowest BCUT2D eigenvalue weighted by atomic mass is 9.90. The van der Waals surface area contributed by atoms with Crippen molar-refractivity contribution in [2.75, 3.05) is 12.4 Å². The van der Waals surface area contributed by atoms with Crippen molar-refractivity contribution in [1.82, 2.24) is 9.55 Å². The number of methoxy groups -OCH3 is 1. The zero-order chi connectivity index (χ0) is 17.4. The summed E-state index contributed by atoms with van der Waals surface area (Å²) in [7, 11) is 1.63. The number of carbonyl (C=O) groups excluding carboxylic acids is 1. The second-order valence-electron chi connectivity index (χ2n) is 5.87. The fourth-order valence-corrected chi connectivity index (χ4v) is 3.43.